The maximum Gasteiger partial charge on any atom is 0.437 e. The van der Waals surface area contributed by atoms with Crippen LogP contribution in [0.25, 0.3) is 10.8 Å². The van der Waals surface area contributed by atoms with Crippen LogP contribution in [0.5, 0.6) is 0 Å². The summed E-state index contributed by atoms with van der Waals surface area (Å²) in [4.78, 5) is 0. The van der Waals surface area contributed by atoms with Crippen LogP contribution in [0.3, 0.4) is 0 Å². The Morgan fingerprint density at radius 1 is 1.15 bits per heavy atom. The van der Waals surface area contributed by atoms with E-state index in [-0.39, 0.29) is 0 Å². The van der Waals surface area contributed by atoms with Gasteiger partial charge in [0.05, 0.1) is 6.61 Å². The summed E-state index contributed by atoms with van der Waals surface area (Å²) in [5.41, 5.74) is 0.445. The van der Waals surface area contributed by atoms with E-state index in [1.807, 2.05) is 24.3 Å². The highest BCUT2D eigenvalue weighted by atomic mass is 32.2. The Hall–Kier alpha value is -1.61. The Labute approximate surface area is 114 Å². The minimum absolute atomic E-state index is 0.445. The quantitative estimate of drug-likeness (QED) is 0.505. The largest absolute Gasteiger partial charge is 0.437 e. The zero-order valence-corrected chi connectivity index (χ0v) is 10.9. The number of halogens is 2. The lowest BCUT2D eigenvalue weighted by molar-refractivity contribution is -0.253. The molecule has 20 heavy (non-hydrogen) atoms. The van der Waals surface area contributed by atoms with Gasteiger partial charge in [0.1, 0.15) is 0 Å². The predicted octanol–water partition coefficient (Wildman–Crippen LogP) is 2.30. The van der Waals surface area contributed by atoms with Gasteiger partial charge in [-0.25, -0.2) is 0 Å². The highest BCUT2D eigenvalue weighted by Crippen LogP contribution is 2.19. The molecule has 0 saturated heterocycles. The number of benzene rings is 2. The average molecular weight is 303 g/mol. The highest BCUT2D eigenvalue weighted by molar-refractivity contribution is 7.83. The molecule has 2 aromatic carbocycles. The van der Waals surface area contributed by atoms with E-state index in [0.29, 0.717) is 10.3 Å². The van der Waals surface area contributed by atoms with Crippen molar-refractivity contribution < 1.29 is 26.5 Å². The zero-order valence-electron chi connectivity index (χ0n) is 10.1. The van der Waals surface area contributed by atoms with Gasteiger partial charge in [0, 0.05) is 0 Å². The van der Waals surface area contributed by atoms with Gasteiger partial charge in [0.15, 0.2) is 0 Å². The molecule has 0 aliphatic heterocycles. The molecule has 0 aromatic heterocycles. The van der Waals surface area contributed by atoms with Crippen molar-refractivity contribution in [2.45, 2.75) is 12.8 Å². The molecule has 2 aromatic rings. The van der Waals surface area contributed by atoms with Crippen molar-refractivity contribution in [1.82, 2.24) is 4.72 Å². The van der Waals surface area contributed by atoms with Gasteiger partial charge < -0.3 is 4.74 Å². The first-order valence-electron chi connectivity index (χ1n) is 5.51. The fourth-order valence-corrected chi connectivity index (χ4v) is 2.04. The van der Waals surface area contributed by atoms with Crippen LogP contribution in [0, 0.1) is 0 Å². The van der Waals surface area contributed by atoms with E-state index in [1.165, 1.54) is 0 Å². The van der Waals surface area contributed by atoms with Crippen molar-refractivity contribution in [1.29, 1.82) is 0 Å². The highest BCUT2D eigenvalue weighted by Gasteiger charge is 2.35. The minimum atomic E-state index is -5.05. The van der Waals surface area contributed by atoms with Gasteiger partial charge in [-0.2, -0.15) is 17.2 Å². The van der Waals surface area contributed by atoms with Crippen LogP contribution in [-0.4, -0.2) is 19.2 Å². The fraction of sp³-hybridized carbons (Fsp3) is 0.167. The lowest BCUT2D eigenvalue weighted by Crippen LogP contribution is -2.42. The third-order valence-electron chi connectivity index (χ3n) is 2.48. The molecule has 0 radical (unpaired) electrons. The van der Waals surface area contributed by atoms with Crippen LogP contribution in [0.2, 0.25) is 0 Å². The average Bonchev–Trinajstić information content (AvgIpc) is 2.33. The van der Waals surface area contributed by atoms with Crippen LogP contribution in [0.15, 0.2) is 42.5 Å². The van der Waals surface area contributed by atoms with Gasteiger partial charge in [-0.15, -0.1) is 4.72 Å². The van der Waals surface area contributed by atoms with E-state index in [9.17, 15) is 17.2 Å². The predicted molar refractivity (Wildman–Crippen MR) is 68.4 cm³/mol. The molecule has 108 valence electrons. The molecule has 2 rings (SSSR count). The summed E-state index contributed by atoms with van der Waals surface area (Å²) in [5, 5.41) is 1.79. The molecule has 0 fully saturated rings. The second-order valence-corrected chi connectivity index (χ2v) is 5.22. The van der Waals surface area contributed by atoms with Crippen LogP contribution in [0.4, 0.5) is 8.78 Å². The third kappa shape index (κ3) is 4.20. The number of fused-ring (bicyclic) bond motifs is 1. The fourth-order valence-electron chi connectivity index (χ4n) is 1.68. The number of nitrogens with one attached hydrogen (secondary N) is 1. The van der Waals surface area contributed by atoms with Crippen LogP contribution < -0.4 is 4.72 Å². The Morgan fingerprint density at radius 2 is 1.80 bits per heavy atom. The molecule has 0 bridgehead atoms. The Kier molecular flexibility index (Phi) is 4.00. The van der Waals surface area contributed by atoms with Gasteiger partial charge in [-0.3, -0.25) is 4.55 Å². The lowest BCUT2D eigenvalue weighted by Gasteiger charge is -2.16. The standard InChI is InChI=1S/C12H11F2NO4S/c13-12(14,15-20(16,17)18)19-8-9-5-6-10-3-1-2-4-11(10)7-9/h1-7,15H,8H2,(H,16,17,18). The van der Waals surface area contributed by atoms with Gasteiger partial charge in [-0.05, 0) is 22.4 Å². The van der Waals surface area contributed by atoms with Gasteiger partial charge >= 0.3 is 16.5 Å². The first-order chi connectivity index (χ1) is 9.25. The van der Waals surface area contributed by atoms with Crippen molar-refractivity contribution in [3.05, 3.63) is 48.0 Å². The molecule has 0 spiro atoms. The number of alkyl halides is 2. The van der Waals surface area contributed by atoms with Crippen molar-refractivity contribution in [2.75, 3.05) is 0 Å². The van der Waals surface area contributed by atoms with E-state index in [0.717, 1.165) is 10.8 Å². The first kappa shape index (κ1) is 14.8. The lowest BCUT2D eigenvalue weighted by atomic mass is 10.1. The molecule has 0 amide bonds. The van der Waals surface area contributed by atoms with E-state index in [2.05, 4.69) is 4.74 Å². The van der Waals surface area contributed by atoms with Gasteiger partial charge in [0.25, 0.3) is 0 Å². The summed E-state index contributed by atoms with van der Waals surface area (Å²) in [5.74, 6) is 0. The maximum atomic E-state index is 13.0. The van der Waals surface area contributed by atoms with Crippen molar-refractivity contribution in [3.63, 3.8) is 0 Å². The SMILES string of the molecule is O=S(=O)(O)NC(F)(F)OCc1ccc2ccccc2c1. The monoisotopic (exact) mass is 303 g/mol. The van der Waals surface area contributed by atoms with E-state index < -0.39 is 23.1 Å². The number of hydrogen-bond donors (Lipinski definition) is 2. The van der Waals surface area contributed by atoms with Gasteiger partial charge in [0.2, 0.25) is 0 Å². The molecule has 0 saturated carbocycles. The molecule has 0 aliphatic carbocycles. The molecular formula is C12H11F2NO4S. The van der Waals surface area contributed by atoms with E-state index >= 15 is 0 Å². The second kappa shape index (κ2) is 5.41. The number of rotatable bonds is 5. The van der Waals surface area contributed by atoms with Crippen LogP contribution >= 0.6 is 0 Å². The molecule has 8 heteroatoms. The van der Waals surface area contributed by atoms with Crippen molar-refractivity contribution in [2.24, 2.45) is 0 Å². The summed E-state index contributed by atoms with van der Waals surface area (Å²) in [6.45, 7) is -0.514. The normalized spacial score (nSPS) is 12.8. The summed E-state index contributed by atoms with van der Waals surface area (Å²) in [7, 11) is -5.05. The maximum absolute atomic E-state index is 13.0. The summed E-state index contributed by atoms with van der Waals surface area (Å²) < 4.78 is 59.9. The van der Waals surface area contributed by atoms with Gasteiger partial charge in [-0.1, -0.05) is 36.4 Å². The molecule has 0 unspecified atom stereocenters. The summed E-state index contributed by atoms with van der Waals surface area (Å²) in [6.07, 6.45) is -4.18. The molecular weight excluding hydrogens is 292 g/mol. The second-order valence-electron chi connectivity index (χ2n) is 4.06. The third-order valence-corrected chi connectivity index (χ3v) is 2.98. The first-order valence-corrected chi connectivity index (χ1v) is 6.95. The molecule has 0 heterocycles. The summed E-state index contributed by atoms with van der Waals surface area (Å²) in [6, 6.07) is 12.3. The molecule has 2 N–H and O–H groups in total. The van der Waals surface area contributed by atoms with E-state index in [1.54, 1.807) is 18.2 Å². The molecule has 5 nitrogen and oxygen atoms in total. The topological polar surface area (TPSA) is 75.6 Å². The Balaban J connectivity index is 2.09. The molecule has 0 atom stereocenters. The number of ether oxygens (including phenoxy) is 1. The van der Waals surface area contributed by atoms with Crippen molar-refractivity contribution in [3.8, 4) is 0 Å². The summed E-state index contributed by atoms with van der Waals surface area (Å²) >= 11 is 0. The minimum Gasteiger partial charge on any atom is -0.301 e. The van der Waals surface area contributed by atoms with Crippen LogP contribution in [0.1, 0.15) is 5.56 Å². The van der Waals surface area contributed by atoms with Crippen LogP contribution in [-0.2, 0) is 21.6 Å². The zero-order chi connectivity index (χ0) is 14.8. The smallest absolute Gasteiger partial charge is 0.301 e. The Morgan fingerprint density at radius 3 is 2.45 bits per heavy atom. The Bertz CT molecular complexity index is 718. The molecule has 0 aliphatic rings. The van der Waals surface area contributed by atoms with E-state index in [4.69, 9.17) is 4.55 Å². The number of hydrogen-bond acceptors (Lipinski definition) is 3. The van der Waals surface area contributed by atoms with Crippen molar-refractivity contribution >= 4 is 21.1 Å².